The molecule has 2 aromatic rings. The molecule has 0 aliphatic carbocycles. The van der Waals surface area contributed by atoms with E-state index in [1.807, 2.05) is 18.2 Å². The largest absolute Gasteiger partial charge is 0.0863 e. The second kappa shape index (κ2) is 5.53. The highest BCUT2D eigenvalue weighted by atomic mass is 79.9. The van der Waals surface area contributed by atoms with Gasteiger partial charge < -0.3 is 0 Å². The predicted molar refractivity (Wildman–Crippen MR) is 72.6 cm³/mol. The van der Waals surface area contributed by atoms with Crippen molar-refractivity contribution in [3.8, 4) is 23.0 Å². The second-order valence-electron chi connectivity index (χ2n) is 3.38. The summed E-state index contributed by atoms with van der Waals surface area (Å²) in [5.41, 5.74) is 3.52. The van der Waals surface area contributed by atoms with Crippen LogP contribution in [0.5, 0.6) is 0 Å². The number of halogens is 1. The molecule has 0 nitrogen and oxygen atoms in total. The Morgan fingerprint density at radius 3 is 2.06 bits per heavy atom. The molecule has 0 atom stereocenters. The molecule has 0 spiro atoms. The van der Waals surface area contributed by atoms with E-state index in [-0.39, 0.29) is 0 Å². The quantitative estimate of drug-likeness (QED) is 0.541. The molecule has 0 radical (unpaired) electrons. The van der Waals surface area contributed by atoms with Crippen LogP contribution in [0, 0.1) is 11.8 Å². The highest BCUT2D eigenvalue weighted by Gasteiger charge is 1.95. The average Bonchev–Trinajstić information content (AvgIpc) is 2.38. The SMILES string of the molecule is BrCC#Cc1ccc(-c2ccccc2)cc1. The van der Waals surface area contributed by atoms with Crippen LogP contribution in [-0.2, 0) is 0 Å². The molecule has 2 aromatic carbocycles. The van der Waals surface area contributed by atoms with E-state index in [0.717, 1.165) is 5.56 Å². The Hall–Kier alpha value is -1.52. The van der Waals surface area contributed by atoms with Crippen LogP contribution in [0.25, 0.3) is 11.1 Å². The molecule has 16 heavy (non-hydrogen) atoms. The first-order valence-electron chi connectivity index (χ1n) is 5.10. The van der Waals surface area contributed by atoms with E-state index >= 15 is 0 Å². The van der Waals surface area contributed by atoms with E-state index in [9.17, 15) is 0 Å². The van der Waals surface area contributed by atoms with Crippen LogP contribution < -0.4 is 0 Å². The lowest BCUT2D eigenvalue weighted by Gasteiger charge is -2.00. The van der Waals surface area contributed by atoms with E-state index in [1.54, 1.807) is 0 Å². The zero-order chi connectivity index (χ0) is 11.2. The molecule has 0 heterocycles. The van der Waals surface area contributed by atoms with Crippen molar-refractivity contribution in [2.45, 2.75) is 0 Å². The Morgan fingerprint density at radius 2 is 1.44 bits per heavy atom. The van der Waals surface area contributed by atoms with Gasteiger partial charge in [-0.3, -0.25) is 0 Å². The number of alkyl halides is 1. The fourth-order valence-electron chi connectivity index (χ4n) is 1.51. The van der Waals surface area contributed by atoms with E-state index in [1.165, 1.54) is 11.1 Å². The van der Waals surface area contributed by atoms with Crippen LogP contribution in [0.15, 0.2) is 54.6 Å². The third-order valence-corrected chi connectivity index (χ3v) is 2.57. The molecule has 0 amide bonds. The maximum absolute atomic E-state index is 3.28. The number of benzene rings is 2. The van der Waals surface area contributed by atoms with Gasteiger partial charge in [-0.15, -0.1) is 0 Å². The molecule has 78 valence electrons. The van der Waals surface area contributed by atoms with Crippen molar-refractivity contribution in [1.82, 2.24) is 0 Å². The summed E-state index contributed by atoms with van der Waals surface area (Å²) in [7, 11) is 0. The van der Waals surface area contributed by atoms with Crippen LogP contribution in [0.4, 0.5) is 0 Å². The summed E-state index contributed by atoms with van der Waals surface area (Å²) < 4.78 is 0. The highest BCUT2D eigenvalue weighted by Crippen LogP contribution is 2.18. The summed E-state index contributed by atoms with van der Waals surface area (Å²) >= 11 is 3.28. The molecule has 0 saturated heterocycles. The lowest BCUT2D eigenvalue weighted by atomic mass is 10.0. The standard InChI is InChI=1S/C15H11Br/c16-12-4-5-13-8-10-15(11-9-13)14-6-2-1-3-7-14/h1-3,6-11H,12H2. The molecule has 0 unspecified atom stereocenters. The summed E-state index contributed by atoms with van der Waals surface area (Å²) in [5.74, 6) is 6.07. The van der Waals surface area contributed by atoms with E-state index < -0.39 is 0 Å². The predicted octanol–water partition coefficient (Wildman–Crippen LogP) is 4.10. The maximum atomic E-state index is 3.28. The first-order chi connectivity index (χ1) is 7.90. The van der Waals surface area contributed by atoms with Crippen molar-refractivity contribution >= 4 is 15.9 Å². The van der Waals surface area contributed by atoms with Gasteiger partial charge in [0.1, 0.15) is 0 Å². The van der Waals surface area contributed by atoms with Gasteiger partial charge in [0.05, 0.1) is 5.33 Å². The molecule has 0 bridgehead atoms. The monoisotopic (exact) mass is 270 g/mol. The Balaban J connectivity index is 2.26. The minimum Gasteiger partial charge on any atom is -0.0863 e. The molecule has 0 fully saturated rings. The highest BCUT2D eigenvalue weighted by molar-refractivity contribution is 9.09. The van der Waals surface area contributed by atoms with Crippen molar-refractivity contribution in [3.63, 3.8) is 0 Å². The second-order valence-corrected chi connectivity index (χ2v) is 3.94. The molecular formula is C15H11Br. The zero-order valence-electron chi connectivity index (χ0n) is 8.78. The number of hydrogen-bond acceptors (Lipinski definition) is 0. The summed E-state index contributed by atoms with van der Waals surface area (Å²) in [6, 6.07) is 18.7. The number of hydrogen-bond donors (Lipinski definition) is 0. The van der Waals surface area contributed by atoms with Gasteiger partial charge in [0.2, 0.25) is 0 Å². The first kappa shape index (κ1) is 11.0. The molecule has 0 aromatic heterocycles. The third-order valence-electron chi connectivity index (χ3n) is 2.29. The van der Waals surface area contributed by atoms with Gasteiger partial charge in [0.25, 0.3) is 0 Å². The molecule has 0 saturated carbocycles. The van der Waals surface area contributed by atoms with Gasteiger partial charge in [-0.25, -0.2) is 0 Å². The van der Waals surface area contributed by atoms with E-state index in [0.29, 0.717) is 5.33 Å². The maximum Gasteiger partial charge on any atom is 0.0649 e. The fourth-order valence-corrected chi connectivity index (χ4v) is 1.65. The minimum atomic E-state index is 0.716. The van der Waals surface area contributed by atoms with Crippen molar-refractivity contribution in [2.75, 3.05) is 5.33 Å². The normalized spacial score (nSPS) is 9.31. The van der Waals surface area contributed by atoms with Crippen molar-refractivity contribution in [2.24, 2.45) is 0 Å². The van der Waals surface area contributed by atoms with Gasteiger partial charge in [-0.1, -0.05) is 70.2 Å². The Kier molecular flexibility index (Phi) is 3.80. The fraction of sp³-hybridized carbons (Fsp3) is 0.0667. The van der Waals surface area contributed by atoms with E-state index in [4.69, 9.17) is 0 Å². The molecule has 0 aliphatic heterocycles. The van der Waals surface area contributed by atoms with Gasteiger partial charge in [-0.2, -0.15) is 0 Å². The number of rotatable bonds is 1. The molecule has 2 rings (SSSR count). The topological polar surface area (TPSA) is 0 Å². The van der Waals surface area contributed by atoms with Crippen LogP contribution in [0.3, 0.4) is 0 Å². The average molecular weight is 271 g/mol. The lowest BCUT2D eigenvalue weighted by Crippen LogP contribution is -1.78. The summed E-state index contributed by atoms with van der Waals surface area (Å²) in [5, 5.41) is 0.716. The summed E-state index contributed by atoms with van der Waals surface area (Å²) in [4.78, 5) is 0. The molecule has 1 heteroatoms. The van der Waals surface area contributed by atoms with Crippen molar-refractivity contribution < 1.29 is 0 Å². The third kappa shape index (κ3) is 2.74. The minimum absolute atomic E-state index is 0.716. The van der Waals surface area contributed by atoms with Crippen LogP contribution >= 0.6 is 15.9 Å². The molecular weight excluding hydrogens is 260 g/mol. The summed E-state index contributed by atoms with van der Waals surface area (Å²) in [6.45, 7) is 0. The van der Waals surface area contributed by atoms with E-state index in [2.05, 4.69) is 64.2 Å². The molecule has 0 aliphatic rings. The Labute approximate surface area is 104 Å². The zero-order valence-corrected chi connectivity index (χ0v) is 10.4. The lowest BCUT2D eigenvalue weighted by molar-refractivity contribution is 1.59. The van der Waals surface area contributed by atoms with Crippen LogP contribution in [0.1, 0.15) is 5.56 Å². The van der Waals surface area contributed by atoms with Crippen LogP contribution in [-0.4, -0.2) is 5.33 Å². The first-order valence-corrected chi connectivity index (χ1v) is 6.22. The summed E-state index contributed by atoms with van der Waals surface area (Å²) in [6.07, 6.45) is 0. The smallest absolute Gasteiger partial charge is 0.0649 e. The van der Waals surface area contributed by atoms with Gasteiger partial charge in [0.15, 0.2) is 0 Å². The van der Waals surface area contributed by atoms with Gasteiger partial charge in [-0.05, 0) is 23.3 Å². The molecule has 0 N–H and O–H groups in total. The van der Waals surface area contributed by atoms with Gasteiger partial charge in [0, 0.05) is 5.56 Å². The van der Waals surface area contributed by atoms with Crippen molar-refractivity contribution in [3.05, 3.63) is 60.2 Å². The van der Waals surface area contributed by atoms with Crippen LogP contribution in [0.2, 0.25) is 0 Å². The Bertz CT molecular complexity index is 501. The van der Waals surface area contributed by atoms with Gasteiger partial charge >= 0.3 is 0 Å². The van der Waals surface area contributed by atoms with Crippen molar-refractivity contribution in [1.29, 1.82) is 0 Å². The Morgan fingerprint density at radius 1 is 0.812 bits per heavy atom.